The molecule has 1 saturated heterocycles. The third-order valence-corrected chi connectivity index (χ3v) is 5.98. The van der Waals surface area contributed by atoms with Gasteiger partial charge in [0.05, 0.1) is 19.8 Å². The van der Waals surface area contributed by atoms with E-state index in [4.69, 9.17) is 9.47 Å². The van der Waals surface area contributed by atoms with Crippen LogP contribution >= 0.6 is 0 Å². The largest absolute Gasteiger partial charge is 0.497 e. The number of benzene rings is 2. The standard InChI is InChI=1S/C25H34FN3O3/c1-5-28-11-13-29(14-12-28)24-10-9-21(26)16-23(24)18(2)27-25(30)19(3)32-17-20-7-6-8-22(15-20)31-4/h6-10,15-16,18-19H,5,11-14,17H2,1-4H3,(H,27,30). The molecular formula is C25H34FN3O3. The lowest BCUT2D eigenvalue weighted by Crippen LogP contribution is -2.46. The fraction of sp³-hybridized carbons (Fsp3) is 0.480. The number of nitrogens with one attached hydrogen (secondary N) is 1. The smallest absolute Gasteiger partial charge is 0.249 e. The highest BCUT2D eigenvalue weighted by molar-refractivity contribution is 5.81. The normalized spacial score (nSPS) is 16.5. The Morgan fingerprint density at radius 2 is 1.88 bits per heavy atom. The summed E-state index contributed by atoms with van der Waals surface area (Å²) in [7, 11) is 1.61. The summed E-state index contributed by atoms with van der Waals surface area (Å²) >= 11 is 0. The van der Waals surface area contributed by atoms with E-state index < -0.39 is 6.10 Å². The molecule has 0 radical (unpaired) electrons. The van der Waals surface area contributed by atoms with E-state index in [9.17, 15) is 9.18 Å². The van der Waals surface area contributed by atoms with Gasteiger partial charge in [0, 0.05) is 37.4 Å². The minimum Gasteiger partial charge on any atom is -0.497 e. The molecule has 174 valence electrons. The average Bonchev–Trinajstić information content (AvgIpc) is 2.82. The topological polar surface area (TPSA) is 54.0 Å². The molecule has 1 amide bonds. The third kappa shape index (κ3) is 6.20. The molecule has 2 atom stereocenters. The molecule has 0 aromatic heterocycles. The van der Waals surface area contributed by atoms with Crippen LogP contribution in [0.25, 0.3) is 0 Å². The van der Waals surface area contributed by atoms with Crippen molar-refractivity contribution in [2.45, 2.75) is 39.5 Å². The number of rotatable bonds is 9. The van der Waals surface area contributed by atoms with Gasteiger partial charge in [-0.2, -0.15) is 0 Å². The molecule has 1 aliphatic heterocycles. The van der Waals surface area contributed by atoms with Crippen molar-refractivity contribution >= 4 is 11.6 Å². The van der Waals surface area contributed by atoms with Crippen LogP contribution in [0.3, 0.4) is 0 Å². The number of hydrogen-bond acceptors (Lipinski definition) is 5. The van der Waals surface area contributed by atoms with Crippen molar-refractivity contribution < 1.29 is 18.7 Å². The SMILES string of the molecule is CCN1CCN(c2ccc(F)cc2C(C)NC(=O)C(C)OCc2cccc(OC)c2)CC1. The summed E-state index contributed by atoms with van der Waals surface area (Å²) in [5, 5.41) is 2.99. The fourth-order valence-electron chi connectivity index (χ4n) is 3.93. The van der Waals surface area contributed by atoms with Crippen LogP contribution in [0.4, 0.5) is 10.1 Å². The average molecular weight is 444 g/mol. The second-order valence-electron chi connectivity index (χ2n) is 8.16. The van der Waals surface area contributed by atoms with Gasteiger partial charge in [0.15, 0.2) is 0 Å². The van der Waals surface area contributed by atoms with Crippen LogP contribution in [-0.2, 0) is 16.1 Å². The van der Waals surface area contributed by atoms with E-state index in [0.717, 1.165) is 55.3 Å². The fourth-order valence-corrected chi connectivity index (χ4v) is 3.93. The first kappa shape index (κ1) is 24.0. The molecule has 7 heteroatoms. The molecule has 2 aromatic rings. The van der Waals surface area contributed by atoms with Crippen molar-refractivity contribution in [3.05, 3.63) is 59.4 Å². The lowest BCUT2D eigenvalue weighted by molar-refractivity contribution is -0.133. The van der Waals surface area contributed by atoms with Gasteiger partial charge in [0.25, 0.3) is 0 Å². The van der Waals surface area contributed by atoms with Crippen molar-refractivity contribution in [1.82, 2.24) is 10.2 Å². The zero-order valence-electron chi connectivity index (χ0n) is 19.4. The zero-order chi connectivity index (χ0) is 23.1. The summed E-state index contributed by atoms with van der Waals surface area (Å²) in [5.74, 6) is 0.209. The molecule has 1 fully saturated rings. The molecule has 6 nitrogen and oxygen atoms in total. The summed E-state index contributed by atoms with van der Waals surface area (Å²) in [5.41, 5.74) is 2.68. The van der Waals surface area contributed by atoms with E-state index in [-0.39, 0.29) is 17.8 Å². The van der Waals surface area contributed by atoms with E-state index in [2.05, 4.69) is 22.0 Å². The molecule has 0 aliphatic carbocycles. The Bertz CT molecular complexity index is 900. The van der Waals surface area contributed by atoms with Crippen molar-refractivity contribution in [2.24, 2.45) is 0 Å². The predicted molar refractivity (Wildman–Crippen MR) is 125 cm³/mol. The molecule has 0 saturated carbocycles. The first-order valence-electron chi connectivity index (χ1n) is 11.2. The molecule has 1 N–H and O–H groups in total. The highest BCUT2D eigenvalue weighted by atomic mass is 19.1. The summed E-state index contributed by atoms with van der Waals surface area (Å²) in [4.78, 5) is 17.4. The number of likely N-dealkylation sites (N-methyl/N-ethyl adjacent to an activating group) is 1. The van der Waals surface area contributed by atoms with Gasteiger partial charge in [-0.25, -0.2) is 4.39 Å². The number of carbonyl (C=O) groups is 1. The number of carbonyl (C=O) groups excluding carboxylic acids is 1. The summed E-state index contributed by atoms with van der Waals surface area (Å²) in [6, 6.07) is 12.0. The highest BCUT2D eigenvalue weighted by Gasteiger charge is 2.23. The minimum atomic E-state index is -0.645. The maximum atomic E-state index is 14.1. The molecule has 0 bridgehead atoms. The Morgan fingerprint density at radius 3 is 2.56 bits per heavy atom. The predicted octanol–water partition coefficient (Wildman–Crippen LogP) is 3.76. The molecular weight excluding hydrogens is 409 g/mol. The van der Waals surface area contributed by atoms with Crippen LogP contribution < -0.4 is 15.0 Å². The summed E-state index contributed by atoms with van der Waals surface area (Å²) in [6.07, 6.45) is -0.645. The highest BCUT2D eigenvalue weighted by Crippen LogP contribution is 2.28. The van der Waals surface area contributed by atoms with Crippen LogP contribution in [0.5, 0.6) is 5.75 Å². The lowest BCUT2D eigenvalue weighted by Gasteiger charge is -2.37. The van der Waals surface area contributed by atoms with Crippen molar-refractivity contribution in [3.8, 4) is 5.75 Å². The van der Waals surface area contributed by atoms with Gasteiger partial charge >= 0.3 is 0 Å². The quantitative estimate of drug-likeness (QED) is 0.640. The Labute approximate surface area is 190 Å². The van der Waals surface area contributed by atoms with Crippen LogP contribution in [0.15, 0.2) is 42.5 Å². The maximum absolute atomic E-state index is 14.1. The number of halogens is 1. The van der Waals surface area contributed by atoms with Crippen LogP contribution in [0, 0.1) is 5.82 Å². The molecule has 2 aromatic carbocycles. The Morgan fingerprint density at radius 1 is 1.12 bits per heavy atom. The number of nitrogens with zero attached hydrogens (tertiary/aromatic N) is 2. The van der Waals surface area contributed by atoms with Crippen molar-refractivity contribution in [2.75, 3.05) is 44.7 Å². The monoisotopic (exact) mass is 443 g/mol. The van der Waals surface area contributed by atoms with E-state index >= 15 is 0 Å². The van der Waals surface area contributed by atoms with Crippen LogP contribution in [0.1, 0.15) is 37.9 Å². The van der Waals surface area contributed by atoms with Crippen molar-refractivity contribution in [3.63, 3.8) is 0 Å². The minimum absolute atomic E-state index is 0.230. The molecule has 32 heavy (non-hydrogen) atoms. The van der Waals surface area contributed by atoms with Crippen molar-refractivity contribution in [1.29, 1.82) is 0 Å². The van der Waals surface area contributed by atoms with Crippen LogP contribution in [0.2, 0.25) is 0 Å². The van der Waals surface area contributed by atoms with Gasteiger partial charge in [0.1, 0.15) is 17.7 Å². The second-order valence-corrected chi connectivity index (χ2v) is 8.16. The Hall–Kier alpha value is -2.64. The van der Waals surface area contributed by atoms with E-state index in [0.29, 0.717) is 6.61 Å². The molecule has 2 unspecified atom stereocenters. The van der Waals surface area contributed by atoms with Gasteiger partial charge in [-0.3, -0.25) is 4.79 Å². The summed E-state index contributed by atoms with van der Waals surface area (Å²) < 4.78 is 25.1. The number of amides is 1. The zero-order valence-corrected chi connectivity index (χ0v) is 19.4. The van der Waals surface area contributed by atoms with Gasteiger partial charge in [0.2, 0.25) is 5.91 Å². The number of piperazine rings is 1. The number of anilines is 1. The first-order valence-corrected chi connectivity index (χ1v) is 11.2. The van der Waals surface area contributed by atoms with E-state index in [1.54, 1.807) is 14.0 Å². The van der Waals surface area contributed by atoms with Crippen LogP contribution in [-0.4, -0.2) is 56.7 Å². The Balaban J connectivity index is 1.62. The van der Waals surface area contributed by atoms with E-state index in [1.807, 2.05) is 37.3 Å². The lowest BCUT2D eigenvalue weighted by atomic mass is 10.0. The Kier molecular flexibility index (Phi) is 8.47. The number of hydrogen-bond donors (Lipinski definition) is 1. The summed E-state index contributed by atoms with van der Waals surface area (Å²) in [6.45, 7) is 10.8. The number of methoxy groups -OCH3 is 1. The molecule has 1 aliphatic rings. The van der Waals surface area contributed by atoms with Gasteiger partial charge in [-0.05, 0) is 56.3 Å². The first-order chi connectivity index (χ1) is 15.4. The molecule has 1 heterocycles. The second kappa shape index (κ2) is 11.3. The maximum Gasteiger partial charge on any atom is 0.249 e. The molecule has 0 spiro atoms. The molecule has 3 rings (SSSR count). The van der Waals surface area contributed by atoms with Gasteiger partial charge in [-0.15, -0.1) is 0 Å². The van der Waals surface area contributed by atoms with Gasteiger partial charge < -0.3 is 24.6 Å². The third-order valence-electron chi connectivity index (χ3n) is 5.98. The number of ether oxygens (including phenoxy) is 2. The van der Waals surface area contributed by atoms with Gasteiger partial charge in [-0.1, -0.05) is 19.1 Å². The van der Waals surface area contributed by atoms with E-state index in [1.165, 1.54) is 12.1 Å².